The number of anilines is 2. The first-order chi connectivity index (χ1) is 15.4. The molecule has 3 aromatic rings. The Hall–Kier alpha value is -3.71. The Balaban J connectivity index is 1.59. The van der Waals surface area contributed by atoms with E-state index in [9.17, 15) is 14.4 Å². The molecule has 166 valence electrons. The molecule has 9 nitrogen and oxygen atoms in total. The second-order valence-electron chi connectivity index (χ2n) is 8.07. The van der Waals surface area contributed by atoms with Crippen LogP contribution in [-0.4, -0.2) is 43.5 Å². The van der Waals surface area contributed by atoms with Gasteiger partial charge in [-0.25, -0.2) is 4.39 Å². The van der Waals surface area contributed by atoms with Crippen LogP contribution in [0.15, 0.2) is 36.7 Å². The van der Waals surface area contributed by atoms with Crippen molar-refractivity contribution < 1.29 is 9.18 Å². The molecule has 1 fully saturated rings. The summed E-state index contributed by atoms with van der Waals surface area (Å²) in [6.45, 7) is 4.14. The fourth-order valence-electron chi connectivity index (χ4n) is 4.00. The predicted molar refractivity (Wildman–Crippen MR) is 116 cm³/mol. The molecule has 3 N–H and O–H groups in total. The molecular weight excluding hydrogens is 411 g/mol. The molecule has 1 aromatic carbocycles. The van der Waals surface area contributed by atoms with Gasteiger partial charge < -0.3 is 11.1 Å². The summed E-state index contributed by atoms with van der Waals surface area (Å²) in [5, 5.41) is 21.6. The number of rotatable bonds is 6. The quantitative estimate of drug-likeness (QED) is 0.613. The van der Waals surface area contributed by atoms with Gasteiger partial charge in [0, 0.05) is 43.3 Å². The van der Waals surface area contributed by atoms with Gasteiger partial charge in [-0.1, -0.05) is 0 Å². The van der Waals surface area contributed by atoms with Crippen molar-refractivity contribution in [3.05, 3.63) is 59.3 Å². The van der Waals surface area contributed by atoms with Gasteiger partial charge in [0.25, 0.3) is 5.91 Å². The number of amides is 1. The van der Waals surface area contributed by atoms with Crippen molar-refractivity contribution in [1.29, 1.82) is 5.26 Å². The molecule has 4 rings (SSSR count). The molecule has 0 radical (unpaired) electrons. The van der Waals surface area contributed by atoms with Crippen molar-refractivity contribution in [3.63, 3.8) is 0 Å². The van der Waals surface area contributed by atoms with Gasteiger partial charge >= 0.3 is 0 Å². The predicted octanol–water partition coefficient (Wildman–Crippen LogP) is 2.49. The van der Waals surface area contributed by atoms with Crippen LogP contribution in [0, 0.1) is 30.0 Å². The van der Waals surface area contributed by atoms with Crippen molar-refractivity contribution in [2.24, 2.45) is 18.7 Å². The minimum Gasteiger partial charge on any atom is -0.365 e. The molecule has 0 saturated carbocycles. The number of carbonyl (C=O) groups is 1. The third-order valence-electron chi connectivity index (χ3n) is 6.01. The van der Waals surface area contributed by atoms with E-state index in [-0.39, 0.29) is 29.2 Å². The highest BCUT2D eigenvalue weighted by molar-refractivity contribution is 5.98. The van der Waals surface area contributed by atoms with Crippen LogP contribution >= 0.6 is 0 Å². The summed E-state index contributed by atoms with van der Waals surface area (Å²) in [4.78, 5) is 14.3. The first-order valence-electron chi connectivity index (χ1n) is 10.4. The van der Waals surface area contributed by atoms with E-state index in [2.05, 4.69) is 26.5 Å². The summed E-state index contributed by atoms with van der Waals surface area (Å²) >= 11 is 0. The Bertz CT molecular complexity index is 1160. The maximum absolute atomic E-state index is 13.2. The van der Waals surface area contributed by atoms with E-state index in [1.54, 1.807) is 23.0 Å². The topological polar surface area (TPSA) is 118 Å². The van der Waals surface area contributed by atoms with E-state index >= 15 is 0 Å². The normalized spacial score (nSPS) is 18.9. The zero-order valence-corrected chi connectivity index (χ0v) is 18.0. The van der Waals surface area contributed by atoms with Crippen LogP contribution < -0.4 is 11.1 Å². The first kappa shape index (κ1) is 21.5. The highest BCUT2D eigenvalue weighted by Crippen LogP contribution is 2.30. The third-order valence-corrected chi connectivity index (χ3v) is 6.01. The van der Waals surface area contributed by atoms with Gasteiger partial charge in [0.2, 0.25) is 0 Å². The first-order valence-corrected chi connectivity index (χ1v) is 10.4. The van der Waals surface area contributed by atoms with Crippen LogP contribution in [0.25, 0.3) is 0 Å². The number of primary amides is 1. The lowest BCUT2D eigenvalue weighted by Gasteiger charge is -2.35. The summed E-state index contributed by atoms with van der Waals surface area (Å²) in [6, 6.07) is 7.87. The Kier molecular flexibility index (Phi) is 5.92. The lowest BCUT2D eigenvalue weighted by atomic mass is 9.92. The molecule has 2 aromatic heterocycles. The van der Waals surface area contributed by atoms with Crippen molar-refractivity contribution in [3.8, 4) is 6.07 Å². The van der Waals surface area contributed by atoms with E-state index in [0.717, 1.165) is 24.3 Å². The molecule has 0 spiro atoms. The number of nitrogens with two attached hydrogens (primary N) is 1. The summed E-state index contributed by atoms with van der Waals surface area (Å²) < 4.78 is 16.7. The van der Waals surface area contributed by atoms with E-state index in [0.29, 0.717) is 18.7 Å². The number of halogens is 1. The zero-order valence-electron chi connectivity index (χ0n) is 18.0. The largest absolute Gasteiger partial charge is 0.365 e. The minimum absolute atomic E-state index is 0.214. The maximum atomic E-state index is 13.2. The van der Waals surface area contributed by atoms with Crippen LogP contribution in [0.5, 0.6) is 0 Å². The summed E-state index contributed by atoms with van der Waals surface area (Å²) in [6.07, 6.45) is 4.14. The van der Waals surface area contributed by atoms with Crippen LogP contribution in [0.2, 0.25) is 0 Å². The molecule has 1 amide bonds. The molecular formula is C22H25FN8O. The highest BCUT2D eigenvalue weighted by atomic mass is 19.1. The second kappa shape index (κ2) is 8.80. The van der Waals surface area contributed by atoms with Gasteiger partial charge in [-0.3, -0.25) is 19.1 Å². The number of nitrogens with one attached hydrogen (secondary N) is 1. The Morgan fingerprint density at radius 3 is 2.75 bits per heavy atom. The van der Waals surface area contributed by atoms with Crippen molar-refractivity contribution >= 4 is 17.4 Å². The summed E-state index contributed by atoms with van der Waals surface area (Å²) in [5.74, 6) is -0.964. The van der Waals surface area contributed by atoms with Crippen molar-refractivity contribution in [2.75, 3.05) is 18.4 Å². The van der Waals surface area contributed by atoms with Gasteiger partial charge in [0.05, 0.1) is 24.2 Å². The molecule has 10 heteroatoms. The van der Waals surface area contributed by atoms with Crippen molar-refractivity contribution in [1.82, 2.24) is 24.5 Å². The standard InChI is InChI=1S/C22H25FN8O/c1-14-16(10-26-29(14)2)11-30-8-7-15(9-24)20(13-30)31-12-19(21(25)32)22(28-31)27-18-5-3-17(23)4-6-18/h3-6,10,12,15,20H,7-8,11,13H2,1-2H3,(H2,25,32)(H,27,28)/t15-,20+/m1/s1. The van der Waals surface area contributed by atoms with Crippen LogP contribution in [0.3, 0.4) is 0 Å². The number of carbonyl (C=O) groups excluding carboxylic acids is 1. The van der Waals surface area contributed by atoms with Crippen LogP contribution in [0.1, 0.15) is 34.1 Å². The number of nitrogens with zero attached hydrogens (tertiary/aromatic N) is 6. The van der Waals surface area contributed by atoms with Gasteiger partial charge in [0.15, 0.2) is 5.82 Å². The maximum Gasteiger partial charge on any atom is 0.254 e. The number of aryl methyl sites for hydroxylation is 1. The monoisotopic (exact) mass is 436 g/mol. The molecule has 0 bridgehead atoms. The molecule has 32 heavy (non-hydrogen) atoms. The highest BCUT2D eigenvalue weighted by Gasteiger charge is 2.32. The lowest BCUT2D eigenvalue weighted by molar-refractivity contribution is 0.1000. The smallest absolute Gasteiger partial charge is 0.254 e. The molecule has 0 aliphatic carbocycles. The van der Waals surface area contributed by atoms with E-state index < -0.39 is 5.91 Å². The van der Waals surface area contributed by atoms with Gasteiger partial charge in [-0.05, 0) is 44.2 Å². The lowest BCUT2D eigenvalue weighted by Crippen LogP contribution is -2.41. The fourth-order valence-corrected chi connectivity index (χ4v) is 4.00. The Labute approximate surface area is 185 Å². The third kappa shape index (κ3) is 4.33. The zero-order chi connectivity index (χ0) is 22.8. The number of likely N-dealkylation sites (tertiary alicyclic amines) is 1. The summed E-state index contributed by atoms with van der Waals surface area (Å²) in [7, 11) is 1.91. The molecule has 0 unspecified atom stereocenters. The molecule has 1 saturated heterocycles. The Morgan fingerprint density at radius 2 is 2.12 bits per heavy atom. The molecule has 2 atom stereocenters. The van der Waals surface area contributed by atoms with Gasteiger partial charge in [0.1, 0.15) is 11.4 Å². The average molecular weight is 436 g/mol. The van der Waals surface area contributed by atoms with E-state index in [4.69, 9.17) is 5.73 Å². The van der Waals surface area contributed by atoms with E-state index in [1.807, 2.05) is 24.9 Å². The second-order valence-corrected chi connectivity index (χ2v) is 8.07. The average Bonchev–Trinajstić information content (AvgIpc) is 3.34. The van der Waals surface area contributed by atoms with Gasteiger partial charge in [-0.2, -0.15) is 15.5 Å². The number of aromatic nitrogens is 4. The SMILES string of the molecule is Cc1c(CN2CC[C@H](C#N)[C@@H](n3cc(C(N)=O)c(Nc4ccc(F)cc4)n3)C2)cnn1C. The fraction of sp³-hybridized carbons (Fsp3) is 0.364. The number of hydrogen-bond donors (Lipinski definition) is 2. The number of benzene rings is 1. The number of nitriles is 1. The van der Waals surface area contributed by atoms with Crippen LogP contribution in [-0.2, 0) is 13.6 Å². The number of piperidine rings is 1. The van der Waals surface area contributed by atoms with Crippen LogP contribution in [0.4, 0.5) is 15.9 Å². The molecule has 1 aliphatic rings. The molecule has 3 heterocycles. The van der Waals surface area contributed by atoms with Gasteiger partial charge in [-0.15, -0.1) is 0 Å². The van der Waals surface area contributed by atoms with Crippen molar-refractivity contribution in [2.45, 2.75) is 25.9 Å². The Morgan fingerprint density at radius 1 is 1.38 bits per heavy atom. The summed E-state index contributed by atoms with van der Waals surface area (Å²) in [5.41, 5.74) is 8.60. The molecule has 1 aliphatic heterocycles. The minimum atomic E-state index is -0.631. The number of hydrogen-bond acceptors (Lipinski definition) is 6. The van der Waals surface area contributed by atoms with E-state index in [1.165, 1.54) is 12.1 Å².